The molecule has 0 aliphatic heterocycles. The maximum atomic E-state index is 4.81. The highest BCUT2D eigenvalue weighted by Crippen LogP contribution is 2.31. The van der Waals surface area contributed by atoms with Crippen LogP contribution in [0.15, 0.2) is 67.8 Å². The molecule has 6 aromatic rings. The Morgan fingerprint density at radius 2 is 1.60 bits per heavy atom. The molecule has 2 N–H and O–H groups in total. The molecular formula is C21H13N9. The Balaban J connectivity index is 1.52. The molecule has 6 aromatic heterocycles. The fourth-order valence-corrected chi connectivity index (χ4v) is 3.48. The second-order valence-corrected chi connectivity index (χ2v) is 6.70. The summed E-state index contributed by atoms with van der Waals surface area (Å²) in [6.07, 6.45) is 12.1. The first kappa shape index (κ1) is 16.4. The van der Waals surface area contributed by atoms with E-state index in [1.807, 2.05) is 24.3 Å². The molecule has 0 amide bonds. The number of pyridine rings is 3. The SMILES string of the molecule is c1cc(-c2ccnc3[nH]c(-c4n[nH]c5ncc(-c6cncnc6)cc45)nc23)ccn1. The monoisotopic (exact) mass is 391 g/mol. The summed E-state index contributed by atoms with van der Waals surface area (Å²) >= 11 is 0. The molecule has 0 aromatic carbocycles. The van der Waals surface area contributed by atoms with E-state index in [1.54, 1.807) is 37.2 Å². The molecule has 0 aliphatic carbocycles. The molecule has 0 radical (unpaired) electrons. The van der Waals surface area contributed by atoms with E-state index in [0.717, 1.165) is 33.2 Å². The van der Waals surface area contributed by atoms with Gasteiger partial charge < -0.3 is 4.98 Å². The van der Waals surface area contributed by atoms with Crippen LogP contribution < -0.4 is 0 Å². The fourth-order valence-electron chi connectivity index (χ4n) is 3.48. The molecule has 0 unspecified atom stereocenters. The average Bonchev–Trinajstić information content (AvgIpc) is 3.43. The summed E-state index contributed by atoms with van der Waals surface area (Å²) in [7, 11) is 0. The molecule has 0 bridgehead atoms. The van der Waals surface area contributed by atoms with Crippen LogP contribution in [0.5, 0.6) is 0 Å². The van der Waals surface area contributed by atoms with E-state index in [2.05, 4.69) is 40.1 Å². The third-order valence-electron chi connectivity index (χ3n) is 4.91. The van der Waals surface area contributed by atoms with Gasteiger partial charge in [0.15, 0.2) is 17.1 Å². The van der Waals surface area contributed by atoms with Crippen LogP contribution >= 0.6 is 0 Å². The van der Waals surface area contributed by atoms with Gasteiger partial charge in [-0.1, -0.05) is 0 Å². The standard InChI is InChI=1S/C21H13N9/c1-4-22-5-2-12(1)15-3-6-25-20-17(15)27-21(28-20)18-16-7-13(10-26-19(16)30-29-18)14-8-23-11-24-9-14/h1-11H,(H,25,27,28)(H,26,29,30). The van der Waals surface area contributed by atoms with Crippen LogP contribution in [-0.2, 0) is 0 Å². The van der Waals surface area contributed by atoms with Crippen LogP contribution in [0.2, 0.25) is 0 Å². The molecule has 0 saturated heterocycles. The fraction of sp³-hybridized carbons (Fsp3) is 0. The van der Waals surface area contributed by atoms with Gasteiger partial charge in [0.25, 0.3) is 0 Å². The van der Waals surface area contributed by atoms with Crippen molar-refractivity contribution in [3.8, 4) is 33.8 Å². The number of hydrogen-bond acceptors (Lipinski definition) is 7. The van der Waals surface area contributed by atoms with E-state index in [1.165, 1.54) is 6.33 Å². The minimum Gasteiger partial charge on any atom is -0.321 e. The lowest BCUT2D eigenvalue weighted by Crippen LogP contribution is -1.85. The Morgan fingerprint density at radius 1 is 0.733 bits per heavy atom. The summed E-state index contributed by atoms with van der Waals surface area (Å²) in [6.45, 7) is 0. The first-order valence-corrected chi connectivity index (χ1v) is 9.22. The molecule has 0 saturated carbocycles. The minimum absolute atomic E-state index is 0.619. The van der Waals surface area contributed by atoms with Gasteiger partial charge in [-0.25, -0.2) is 24.9 Å². The smallest absolute Gasteiger partial charge is 0.161 e. The Kier molecular flexibility index (Phi) is 3.57. The molecule has 0 spiro atoms. The summed E-state index contributed by atoms with van der Waals surface area (Å²) in [4.78, 5) is 29.3. The van der Waals surface area contributed by atoms with Crippen molar-refractivity contribution in [2.75, 3.05) is 0 Å². The van der Waals surface area contributed by atoms with E-state index in [4.69, 9.17) is 4.98 Å². The van der Waals surface area contributed by atoms with E-state index >= 15 is 0 Å². The molecule has 9 heteroatoms. The number of aromatic nitrogens is 9. The maximum absolute atomic E-state index is 4.81. The van der Waals surface area contributed by atoms with Crippen molar-refractivity contribution in [1.82, 2.24) is 45.1 Å². The predicted octanol–water partition coefficient (Wildman–Crippen LogP) is 3.42. The van der Waals surface area contributed by atoms with Crippen molar-refractivity contribution < 1.29 is 0 Å². The average molecular weight is 391 g/mol. The lowest BCUT2D eigenvalue weighted by Gasteiger charge is -2.00. The lowest BCUT2D eigenvalue weighted by atomic mass is 10.1. The third kappa shape index (κ3) is 2.60. The van der Waals surface area contributed by atoms with Crippen LogP contribution in [0.4, 0.5) is 0 Å². The van der Waals surface area contributed by atoms with Gasteiger partial charge in [-0.3, -0.25) is 10.1 Å². The molecule has 30 heavy (non-hydrogen) atoms. The first-order chi connectivity index (χ1) is 14.9. The molecule has 6 heterocycles. The number of nitrogens with zero attached hydrogens (tertiary/aromatic N) is 7. The number of H-pyrrole nitrogens is 2. The van der Waals surface area contributed by atoms with Crippen LogP contribution in [0, 0.1) is 0 Å². The first-order valence-electron chi connectivity index (χ1n) is 9.22. The Hall–Kier alpha value is -4.53. The third-order valence-corrected chi connectivity index (χ3v) is 4.91. The second-order valence-electron chi connectivity index (χ2n) is 6.70. The molecule has 0 atom stereocenters. The van der Waals surface area contributed by atoms with Crippen molar-refractivity contribution in [2.24, 2.45) is 0 Å². The van der Waals surface area contributed by atoms with Gasteiger partial charge in [0.2, 0.25) is 0 Å². The highest BCUT2D eigenvalue weighted by atomic mass is 15.2. The molecule has 0 aliphatic rings. The predicted molar refractivity (Wildman–Crippen MR) is 111 cm³/mol. The zero-order chi connectivity index (χ0) is 19.9. The normalized spacial score (nSPS) is 11.3. The number of aromatic amines is 2. The van der Waals surface area contributed by atoms with E-state index in [0.29, 0.717) is 22.8 Å². The van der Waals surface area contributed by atoms with E-state index in [9.17, 15) is 0 Å². The summed E-state index contributed by atoms with van der Waals surface area (Å²) in [5.74, 6) is 0.619. The highest BCUT2D eigenvalue weighted by molar-refractivity contribution is 5.95. The van der Waals surface area contributed by atoms with Gasteiger partial charge in [0, 0.05) is 53.9 Å². The molecular weight excluding hydrogens is 378 g/mol. The Morgan fingerprint density at radius 3 is 2.47 bits per heavy atom. The minimum atomic E-state index is 0.619. The van der Waals surface area contributed by atoms with Crippen LogP contribution in [0.25, 0.3) is 56.0 Å². The quantitative estimate of drug-likeness (QED) is 0.474. The number of imidazole rings is 1. The summed E-state index contributed by atoms with van der Waals surface area (Å²) in [5, 5.41) is 8.27. The highest BCUT2D eigenvalue weighted by Gasteiger charge is 2.17. The van der Waals surface area contributed by atoms with Gasteiger partial charge in [0.1, 0.15) is 17.5 Å². The van der Waals surface area contributed by atoms with Crippen LogP contribution in [0.1, 0.15) is 0 Å². The maximum Gasteiger partial charge on any atom is 0.161 e. The molecule has 6 rings (SSSR count). The Bertz CT molecular complexity index is 1490. The van der Waals surface area contributed by atoms with Gasteiger partial charge in [-0.2, -0.15) is 5.10 Å². The topological polar surface area (TPSA) is 122 Å². The van der Waals surface area contributed by atoms with E-state index in [-0.39, 0.29) is 0 Å². The summed E-state index contributed by atoms with van der Waals surface area (Å²) < 4.78 is 0. The van der Waals surface area contributed by atoms with Crippen molar-refractivity contribution >= 4 is 22.2 Å². The lowest BCUT2D eigenvalue weighted by molar-refractivity contribution is 1.09. The molecule has 142 valence electrons. The Labute approximate surface area is 169 Å². The van der Waals surface area contributed by atoms with Gasteiger partial charge in [0.05, 0.1) is 5.39 Å². The van der Waals surface area contributed by atoms with E-state index < -0.39 is 0 Å². The van der Waals surface area contributed by atoms with Crippen LogP contribution in [0.3, 0.4) is 0 Å². The number of nitrogens with one attached hydrogen (secondary N) is 2. The number of rotatable bonds is 3. The van der Waals surface area contributed by atoms with Crippen molar-refractivity contribution in [3.05, 3.63) is 67.8 Å². The van der Waals surface area contributed by atoms with Crippen LogP contribution in [-0.4, -0.2) is 45.1 Å². The van der Waals surface area contributed by atoms with Crippen molar-refractivity contribution in [1.29, 1.82) is 0 Å². The summed E-state index contributed by atoms with van der Waals surface area (Å²) in [6, 6.07) is 7.85. The van der Waals surface area contributed by atoms with Crippen molar-refractivity contribution in [3.63, 3.8) is 0 Å². The zero-order valence-electron chi connectivity index (χ0n) is 15.5. The van der Waals surface area contributed by atoms with Crippen molar-refractivity contribution in [2.45, 2.75) is 0 Å². The van der Waals surface area contributed by atoms with Gasteiger partial charge >= 0.3 is 0 Å². The molecule has 9 nitrogen and oxygen atoms in total. The summed E-state index contributed by atoms with van der Waals surface area (Å²) in [5.41, 5.74) is 6.60. The number of hydrogen-bond donors (Lipinski definition) is 2. The zero-order valence-corrected chi connectivity index (χ0v) is 15.5. The second kappa shape index (κ2) is 6.52. The van der Waals surface area contributed by atoms with Gasteiger partial charge in [-0.05, 0) is 29.8 Å². The largest absolute Gasteiger partial charge is 0.321 e. The van der Waals surface area contributed by atoms with Gasteiger partial charge in [-0.15, -0.1) is 0 Å². The number of fused-ring (bicyclic) bond motifs is 2. The molecule has 0 fully saturated rings.